The van der Waals surface area contributed by atoms with E-state index < -0.39 is 24.6 Å². The summed E-state index contributed by atoms with van der Waals surface area (Å²) >= 11 is 0. The van der Waals surface area contributed by atoms with Gasteiger partial charge in [-0.2, -0.15) is 0 Å². The zero-order valence-corrected chi connectivity index (χ0v) is 19.5. The molecule has 0 amide bonds. The molecule has 31 heavy (non-hydrogen) atoms. The number of carbonyl (C=O) groups is 1. The molecule has 154 valence electrons. The average molecular weight is 443 g/mol. The van der Waals surface area contributed by atoms with Crippen molar-refractivity contribution >= 4 is 60.7 Å². The van der Waals surface area contributed by atoms with Gasteiger partial charge in [0.25, 0.3) is 0 Å². The van der Waals surface area contributed by atoms with Crippen molar-refractivity contribution in [1.29, 1.82) is 0 Å². The Bertz CT molecular complexity index is 1080. The molecular weight excluding hydrogens is 418 g/mol. The third kappa shape index (κ3) is 5.93. The van der Waals surface area contributed by atoms with Crippen molar-refractivity contribution in [2.24, 2.45) is 0 Å². The SMILES string of the molecule is O=C([O-])C[C@H](O)C[C@H](O)/C=C/c1c(C2CC2)nc2ccccc2c1-c1ccccc1.[Ca+2]. The van der Waals surface area contributed by atoms with Crippen molar-refractivity contribution < 1.29 is 20.1 Å². The number of hydrogen-bond acceptors (Lipinski definition) is 5. The number of para-hydroxylation sites is 1. The summed E-state index contributed by atoms with van der Waals surface area (Å²) in [5.74, 6) is -0.933. The predicted octanol–water partition coefficient (Wildman–Crippen LogP) is 2.66. The largest absolute Gasteiger partial charge is 2.00 e. The number of carboxylic acids is 1. The summed E-state index contributed by atoms with van der Waals surface area (Å²) in [4.78, 5) is 15.6. The van der Waals surface area contributed by atoms with Crippen molar-refractivity contribution in [3.05, 3.63) is 71.9 Å². The van der Waals surface area contributed by atoms with E-state index in [9.17, 15) is 20.1 Å². The molecule has 1 aromatic heterocycles. The minimum atomic E-state index is -1.33. The number of nitrogens with zero attached hydrogens (tertiary/aromatic N) is 1. The molecule has 1 aliphatic rings. The van der Waals surface area contributed by atoms with Crippen LogP contribution in [-0.4, -0.2) is 71.1 Å². The van der Waals surface area contributed by atoms with Crippen LogP contribution in [0.4, 0.5) is 0 Å². The number of aliphatic hydroxyl groups excluding tert-OH is 2. The Morgan fingerprint density at radius 3 is 2.45 bits per heavy atom. The Morgan fingerprint density at radius 2 is 1.77 bits per heavy atom. The molecule has 0 aliphatic heterocycles. The molecule has 6 heteroatoms. The van der Waals surface area contributed by atoms with Gasteiger partial charge in [-0.1, -0.05) is 60.7 Å². The number of aromatic nitrogens is 1. The molecule has 2 aromatic carbocycles. The van der Waals surface area contributed by atoms with E-state index in [2.05, 4.69) is 18.2 Å². The van der Waals surface area contributed by atoms with Crippen LogP contribution in [-0.2, 0) is 4.79 Å². The second-order valence-corrected chi connectivity index (χ2v) is 7.84. The van der Waals surface area contributed by atoms with Crippen LogP contribution in [0.5, 0.6) is 0 Å². The number of aliphatic hydroxyl groups is 2. The quantitative estimate of drug-likeness (QED) is 0.523. The van der Waals surface area contributed by atoms with Crippen LogP contribution in [0.15, 0.2) is 60.7 Å². The smallest absolute Gasteiger partial charge is 0.550 e. The predicted molar refractivity (Wildman–Crippen MR) is 120 cm³/mol. The number of pyridine rings is 1. The second-order valence-electron chi connectivity index (χ2n) is 7.84. The maximum Gasteiger partial charge on any atom is 2.00 e. The van der Waals surface area contributed by atoms with Gasteiger partial charge in [-0.25, -0.2) is 0 Å². The van der Waals surface area contributed by atoms with Gasteiger partial charge in [-0.05, 0) is 24.5 Å². The standard InChI is InChI=1S/C25H25NO4.Ca/c27-18(14-19(28)15-23(29)30)12-13-21-24(16-6-2-1-3-7-16)20-8-4-5-9-22(20)26-25(21)17-10-11-17;/h1-9,12-13,17-19,27-28H,10-11,14-15H2,(H,29,30);/q;+2/p-1/b13-12+;/t18-,19-;/m1./s1. The van der Waals surface area contributed by atoms with Gasteiger partial charge < -0.3 is 20.1 Å². The zero-order valence-electron chi connectivity index (χ0n) is 17.3. The summed E-state index contributed by atoms with van der Waals surface area (Å²) in [5, 5.41) is 31.8. The first-order chi connectivity index (χ1) is 14.5. The number of fused-ring (bicyclic) bond motifs is 1. The molecule has 0 bridgehead atoms. The van der Waals surface area contributed by atoms with Gasteiger partial charge in [0.05, 0.1) is 23.4 Å². The zero-order chi connectivity index (χ0) is 21.1. The number of rotatable bonds is 8. The Kier molecular flexibility index (Phi) is 8.25. The van der Waals surface area contributed by atoms with E-state index in [4.69, 9.17) is 4.98 Å². The Labute approximate surface area is 211 Å². The molecular formula is C25H24CaNO4+. The average Bonchev–Trinajstić information content (AvgIpc) is 3.56. The topological polar surface area (TPSA) is 93.5 Å². The first kappa shape index (κ1) is 23.9. The minimum absolute atomic E-state index is 0. The second kappa shape index (κ2) is 10.7. The minimum Gasteiger partial charge on any atom is -0.550 e. The summed E-state index contributed by atoms with van der Waals surface area (Å²) in [6.07, 6.45) is 2.98. The van der Waals surface area contributed by atoms with Gasteiger partial charge in [-0.3, -0.25) is 4.98 Å². The normalized spacial score (nSPS) is 15.5. The molecule has 0 unspecified atom stereocenters. The molecule has 4 rings (SSSR count). The van der Waals surface area contributed by atoms with E-state index in [1.807, 2.05) is 42.5 Å². The van der Waals surface area contributed by atoms with Gasteiger partial charge >= 0.3 is 37.7 Å². The van der Waals surface area contributed by atoms with Crippen molar-refractivity contribution in [3.63, 3.8) is 0 Å². The van der Waals surface area contributed by atoms with Gasteiger partial charge in [0.15, 0.2) is 0 Å². The van der Waals surface area contributed by atoms with Crippen LogP contribution in [0.2, 0.25) is 0 Å². The molecule has 0 saturated heterocycles. The molecule has 2 N–H and O–H groups in total. The van der Waals surface area contributed by atoms with E-state index in [-0.39, 0.29) is 44.2 Å². The fourth-order valence-electron chi connectivity index (χ4n) is 3.84. The molecule has 5 nitrogen and oxygen atoms in total. The first-order valence-electron chi connectivity index (χ1n) is 10.2. The third-order valence-electron chi connectivity index (χ3n) is 5.39. The Hall–Kier alpha value is -1.76. The maximum atomic E-state index is 10.6. The number of aliphatic carboxylic acids is 1. The first-order valence-corrected chi connectivity index (χ1v) is 10.2. The molecule has 1 aliphatic carbocycles. The molecule has 1 heterocycles. The summed E-state index contributed by atoms with van der Waals surface area (Å²) in [5.41, 5.74) is 5.08. The van der Waals surface area contributed by atoms with Crippen LogP contribution in [0.3, 0.4) is 0 Å². The van der Waals surface area contributed by atoms with Crippen LogP contribution in [0.25, 0.3) is 28.1 Å². The summed E-state index contributed by atoms with van der Waals surface area (Å²) in [6.45, 7) is 0. The Balaban J connectivity index is 0.00000272. The van der Waals surface area contributed by atoms with Crippen molar-refractivity contribution in [2.75, 3.05) is 0 Å². The summed E-state index contributed by atoms with van der Waals surface area (Å²) in [6, 6.07) is 18.2. The van der Waals surface area contributed by atoms with E-state index >= 15 is 0 Å². The monoisotopic (exact) mass is 442 g/mol. The molecule has 0 radical (unpaired) electrons. The summed E-state index contributed by atoms with van der Waals surface area (Å²) in [7, 11) is 0. The van der Waals surface area contributed by atoms with Crippen molar-refractivity contribution in [2.45, 2.75) is 43.8 Å². The van der Waals surface area contributed by atoms with E-state index in [0.29, 0.717) is 5.92 Å². The summed E-state index contributed by atoms with van der Waals surface area (Å²) < 4.78 is 0. The molecule has 1 fully saturated rings. The number of carbonyl (C=O) groups excluding carboxylic acids is 1. The number of hydrogen-bond donors (Lipinski definition) is 2. The third-order valence-corrected chi connectivity index (χ3v) is 5.39. The van der Waals surface area contributed by atoms with Gasteiger partial charge in [-0.15, -0.1) is 0 Å². The number of benzene rings is 2. The fourth-order valence-corrected chi connectivity index (χ4v) is 3.84. The Morgan fingerprint density at radius 1 is 1.10 bits per heavy atom. The molecule has 2 atom stereocenters. The molecule has 1 saturated carbocycles. The number of carboxylic acid groups (broad SMARTS) is 1. The van der Waals surface area contributed by atoms with Crippen LogP contribution in [0, 0.1) is 0 Å². The van der Waals surface area contributed by atoms with Crippen LogP contribution in [0.1, 0.15) is 42.9 Å². The van der Waals surface area contributed by atoms with Crippen LogP contribution >= 0.6 is 0 Å². The van der Waals surface area contributed by atoms with Gasteiger partial charge in [0.1, 0.15) is 0 Å². The van der Waals surface area contributed by atoms with E-state index in [1.54, 1.807) is 6.08 Å². The van der Waals surface area contributed by atoms with Gasteiger partial charge in [0.2, 0.25) is 0 Å². The molecule has 3 aromatic rings. The molecule has 0 spiro atoms. The maximum absolute atomic E-state index is 10.6. The van der Waals surface area contributed by atoms with Crippen molar-refractivity contribution in [1.82, 2.24) is 4.98 Å². The van der Waals surface area contributed by atoms with Crippen molar-refractivity contribution in [3.8, 4) is 11.1 Å². The van der Waals surface area contributed by atoms with Crippen LogP contribution < -0.4 is 5.11 Å². The fraction of sp³-hybridized carbons (Fsp3) is 0.280. The van der Waals surface area contributed by atoms with E-state index in [1.165, 1.54) is 0 Å². The van der Waals surface area contributed by atoms with Gasteiger partial charge in [0, 0.05) is 41.2 Å². The van der Waals surface area contributed by atoms with E-state index in [0.717, 1.165) is 46.1 Å².